The lowest BCUT2D eigenvalue weighted by Gasteiger charge is -2.15. The molecule has 0 saturated heterocycles. The molecule has 3 N–H and O–H groups in total. The number of thiocarbonyl (C=S) groups is 1. The first-order valence-corrected chi connectivity index (χ1v) is 10.4. The Bertz CT molecular complexity index is 518. The molecule has 0 spiro atoms. The molecule has 1 atom stereocenters. The first-order chi connectivity index (χ1) is 11.7. The van der Waals surface area contributed by atoms with Crippen LogP contribution in [0.1, 0.15) is 60.3 Å². The highest BCUT2D eigenvalue weighted by atomic mass is 32.2. The Morgan fingerprint density at radius 3 is 2.12 bits per heavy atom. The van der Waals surface area contributed by atoms with Crippen molar-refractivity contribution in [2.45, 2.75) is 66.3 Å². The van der Waals surface area contributed by atoms with E-state index >= 15 is 0 Å². The van der Waals surface area contributed by atoms with Crippen molar-refractivity contribution in [3.05, 3.63) is 34.9 Å². The van der Waals surface area contributed by atoms with Crippen molar-refractivity contribution in [1.29, 1.82) is 0 Å². The van der Waals surface area contributed by atoms with Gasteiger partial charge in [0.1, 0.15) is 0 Å². The highest BCUT2D eigenvalue weighted by Gasteiger charge is 2.12. The van der Waals surface area contributed by atoms with Crippen LogP contribution >= 0.6 is 24.0 Å². The number of hydrogen-bond donors (Lipinski definition) is 2. The van der Waals surface area contributed by atoms with Gasteiger partial charge in [-0.15, -0.1) is 0 Å². The number of carbonyl (C=O) groups excluding carboxylic acids is 1. The Hall–Kier alpha value is -1.07. The number of amides is 1. The second-order valence-corrected chi connectivity index (χ2v) is 8.20. The number of rotatable bonds is 12. The summed E-state index contributed by atoms with van der Waals surface area (Å²) in [6.07, 6.45) is 11.4. The number of allylic oxidation sites excluding steroid dienone is 5. The van der Waals surface area contributed by atoms with Gasteiger partial charge in [0.05, 0.1) is 11.0 Å². The fraction of sp³-hybridized carbons (Fsp3) is 0.600. The van der Waals surface area contributed by atoms with E-state index in [-0.39, 0.29) is 11.9 Å². The second-order valence-electron chi connectivity index (χ2n) is 6.65. The van der Waals surface area contributed by atoms with Crippen LogP contribution in [-0.4, -0.2) is 28.4 Å². The molecular formula is C20H34N2OS2. The summed E-state index contributed by atoms with van der Waals surface area (Å²) in [5.41, 5.74) is 9.90. The molecule has 25 heavy (non-hydrogen) atoms. The van der Waals surface area contributed by atoms with E-state index in [0.717, 1.165) is 31.4 Å². The maximum Gasteiger partial charge on any atom is 0.217 e. The summed E-state index contributed by atoms with van der Waals surface area (Å²) in [5, 5.41) is 2.78. The van der Waals surface area contributed by atoms with Crippen LogP contribution in [0.2, 0.25) is 0 Å². The van der Waals surface area contributed by atoms with Gasteiger partial charge in [-0.25, -0.2) is 0 Å². The molecule has 0 radical (unpaired) electrons. The predicted molar refractivity (Wildman–Crippen MR) is 117 cm³/mol. The lowest BCUT2D eigenvalue weighted by Crippen LogP contribution is -2.44. The van der Waals surface area contributed by atoms with Gasteiger partial charge in [-0.1, -0.05) is 47.2 Å². The molecule has 142 valence electrons. The average molecular weight is 383 g/mol. The molecule has 1 amide bonds. The molecule has 1 unspecified atom stereocenters. The van der Waals surface area contributed by atoms with E-state index in [2.05, 4.69) is 51.2 Å². The Labute approximate surface area is 163 Å². The molecule has 0 aromatic heterocycles. The second kappa shape index (κ2) is 14.1. The van der Waals surface area contributed by atoms with Crippen molar-refractivity contribution in [3.63, 3.8) is 0 Å². The number of carbonyl (C=O) groups is 1. The molecule has 0 aromatic carbocycles. The van der Waals surface area contributed by atoms with Gasteiger partial charge in [0.15, 0.2) is 0 Å². The van der Waals surface area contributed by atoms with Gasteiger partial charge in [0, 0.05) is 18.4 Å². The first-order valence-electron chi connectivity index (χ1n) is 8.81. The van der Waals surface area contributed by atoms with E-state index in [4.69, 9.17) is 18.0 Å². The van der Waals surface area contributed by atoms with Gasteiger partial charge in [-0.3, -0.25) is 4.79 Å². The van der Waals surface area contributed by atoms with Crippen molar-refractivity contribution in [1.82, 2.24) is 5.32 Å². The Morgan fingerprint density at radius 2 is 1.60 bits per heavy atom. The van der Waals surface area contributed by atoms with Crippen LogP contribution < -0.4 is 11.1 Å². The van der Waals surface area contributed by atoms with Crippen LogP contribution in [0.15, 0.2) is 34.9 Å². The molecule has 0 rings (SSSR count). The maximum absolute atomic E-state index is 11.1. The summed E-state index contributed by atoms with van der Waals surface area (Å²) >= 11 is 6.72. The third-order valence-corrected chi connectivity index (χ3v) is 4.93. The highest BCUT2D eigenvalue weighted by molar-refractivity contribution is 7.99. The van der Waals surface area contributed by atoms with Crippen LogP contribution in [0.3, 0.4) is 0 Å². The summed E-state index contributed by atoms with van der Waals surface area (Å²) < 4.78 is 0. The monoisotopic (exact) mass is 382 g/mol. The summed E-state index contributed by atoms with van der Waals surface area (Å²) in [7, 11) is 0. The zero-order valence-corrected chi connectivity index (χ0v) is 18.0. The summed E-state index contributed by atoms with van der Waals surface area (Å²) in [5.74, 6) is 1.52. The molecule has 5 heteroatoms. The minimum absolute atomic E-state index is 0.100. The van der Waals surface area contributed by atoms with E-state index in [1.807, 2.05) is 0 Å². The number of thioether (sulfide) groups is 1. The normalized spacial score (nSPS) is 13.3. The van der Waals surface area contributed by atoms with Crippen LogP contribution in [0.25, 0.3) is 0 Å². The predicted octanol–water partition coefficient (Wildman–Crippen LogP) is 4.93. The molecule has 0 heterocycles. The summed E-state index contributed by atoms with van der Waals surface area (Å²) in [6.45, 7) is 10.2. The minimum atomic E-state index is -0.224. The fourth-order valence-electron chi connectivity index (χ4n) is 2.17. The van der Waals surface area contributed by atoms with E-state index in [1.165, 1.54) is 23.6 Å². The van der Waals surface area contributed by atoms with Crippen LogP contribution in [-0.2, 0) is 4.79 Å². The average Bonchev–Trinajstić information content (AvgIpc) is 2.49. The Kier molecular flexibility index (Phi) is 13.5. The minimum Gasteiger partial charge on any atom is -0.392 e. The lowest BCUT2D eigenvalue weighted by molar-refractivity contribution is -0.119. The van der Waals surface area contributed by atoms with Gasteiger partial charge >= 0.3 is 0 Å². The summed E-state index contributed by atoms with van der Waals surface area (Å²) in [4.78, 5) is 11.5. The van der Waals surface area contributed by atoms with Crippen molar-refractivity contribution in [2.24, 2.45) is 5.73 Å². The maximum atomic E-state index is 11.1. The van der Waals surface area contributed by atoms with Crippen LogP contribution in [0, 0.1) is 0 Å². The smallest absolute Gasteiger partial charge is 0.217 e. The lowest BCUT2D eigenvalue weighted by atomic mass is 10.1. The van der Waals surface area contributed by atoms with Crippen molar-refractivity contribution >= 4 is 34.9 Å². The van der Waals surface area contributed by atoms with Crippen molar-refractivity contribution in [3.8, 4) is 0 Å². The fourth-order valence-corrected chi connectivity index (χ4v) is 3.45. The number of hydrogen-bond acceptors (Lipinski definition) is 3. The SMILES string of the molecule is CC(=O)NC(CSC/C=C(\C)CC/C=C(\C)CCC=C(C)C)C(N)=S. The first kappa shape index (κ1) is 23.9. The Morgan fingerprint density at radius 1 is 1.04 bits per heavy atom. The molecule has 0 aliphatic carbocycles. The Balaban J connectivity index is 4.07. The molecule has 0 aromatic rings. The molecule has 0 saturated carbocycles. The van der Waals surface area contributed by atoms with E-state index in [1.54, 1.807) is 11.8 Å². The van der Waals surface area contributed by atoms with Crippen molar-refractivity contribution in [2.75, 3.05) is 11.5 Å². The van der Waals surface area contributed by atoms with Crippen LogP contribution in [0.5, 0.6) is 0 Å². The zero-order chi connectivity index (χ0) is 19.2. The van der Waals surface area contributed by atoms with Gasteiger partial charge in [0.2, 0.25) is 5.91 Å². The molecule has 0 aliphatic heterocycles. The van der Waals surface area contributed by atoms with Gasteiger partial charge < -0.3 is 11.1 Å². The molecule has 0 fully saturated rings. The standard InChI is InChI=1S/C20H34N2OS2/c1-15(2)8-6-9-16(3)10-7-11-17(4)12-13-25-14-19(20(21)24)22-18(5)23/h8,10,12,19H,6-7,9,11,13-14H2,1-5H3,(H2,21,24)(H,22,23)/b16-10+,17-12+. The molecule has 0 aliphatic rings. The van der Waals surface area contributed by atoms with Crippen molar-refractivity contribution < 1.29 is 4.79 Å². The topological polar surface area (TPSA) is 55.1 Å². The third-order valence-electron chi connectivity index (χ3n) is 3.68. The van der Waals surface area contributed by atoms with E-state index in [0.29, 0.717) is 10.7 Å². The highest BCUT2D eigenvalue weighted by Crippen LogP contribution is 2.13. The number of nitrogens with one attached hydrogen (secondary N) is 1. The van der Waals surface area contributed by atoms with Gasteiger partial charge in [-0.05, 0) is 53.4 Å². The molecule has 3 nitrogen and oxygen atoms in total. The third kappa shape index (κ3) is 14.9. The zero-order valence-electron chi connectivity index (χ0n) is 16.4. The summed E-state index contributed by atoms with van der Waals surface area (Å²) in [6, 6.07) is -0.224. The van der Waals surface area contributed by atoms with E-state index < -0.39 is 0 Å². The molecular weight excluding hydrogens is 348 g/mol. The quantitative estimate of drug-likeness (QED) is 0.285. The van der Waals surface area contributed by atoms with E-state index in [9.17, 15) is 4.79 Å². The van der Waals surface area contributed by atoms with Crippen LogP contribution in [0.4, 0.5) is 0 Å². The number of nitrogens with two attached hydrogens (primary N) is 1. The van der Waals surface area contributed by atoms with Gasteiger partial charge in [-0.2, -0.15) is 11.8 Å². The van der Waals surface area contributed by atoms with Gasteiger partial charge in [0.25, 0.3) is 0 Å². The largest absolute Gasteiger partial charge is 0.392 e. The molecule has 0 bridgehead atoms.